The Hall–Kier alpha value is -3.30. The number of nitrogens with zero attached hydrogens (tertiary/aromatic N) is 2. The topological polar surface area (TPSA) is 121 Å². The summed E-state index contributed by atoms with van der Waals surface area (Å²) >= 11 is 0. The van der Waals surface area contributed by atoms with Crippen molar-refractivity contribution in [2.75, 3.05) is 11.9 Å². The molecule has 0 radical (unpaired) electrons. The Morgan fingerprint density at radius 2 is 1.83 bits per heavy atom. The third-order valence-electron chi connectivity index (χ3n) is 4.11. The molecule has 9 heteroatoms. The summed E-state index contributed by atoms with van der Waals surface area (Å²) in [6.07, 6.45) is 2.89. The van der Waals surface area contributed by atoms with E-state index in [1.165, 1.54) is 30.6 Å². The minimum absolute atomic E-state index is 0.0191. The fourth-order valence-corrected chi connectivity index (χ4v) is 3.74. The van der Waals surface area contributed by atoms with Crippen molar-refractivity contribution in [3.63, 3.8) is 0 Å². The number of nitrogens with one attached hydrogen (secondary N) is 2. The highest BCUT2D eigenvalue weighted by molar-refractivity contribution is 7.89. The van der Waals surface area contributed by atoms with E-state index in [4.69, 9.17) is 0 Å². The molecule has 0 atom stereocenters. The van der Waals surface area contributed by atoms with Crippen molar-refractivity contribution in [3.05, 3.63) is 66.0 Å². The molecule has 3 aromatic rings. The Labute approximate surface area is 168 Å². The van der Waals surface area contributed by atoms with Gasteiger partial charge >= 0.3 is 0 Å². The normalized spacial score (nSPS) is 11.2. The summed E-state index contributed by atoms with van der Waals surface area (Å²) in [5.74, 6) is 0.0323. The largest absolute Gasteiger partial charge is 0.508 e. The van der Waals surface area contributed by atoms with Crippen LogP contribution in [0.4, 0.5) is 5.69 Å². The lowest BCUT2D eigenvalue weighted by Crippen LogP contribution is -2.24. The molecule has 1 amide bonds. The van der Waals surface area contributed by atoms with Gasteiger partial charge in [0, 0.05) is 17.7 Å². The molecule has 3 N–H and O–H groups in total. The summed E-state index contributed by atoms with van der Waals surface area (Å²) in [6, 6.07) is 10.9. The van der Waals surface area contributed by atoms with Gasteiger partial charge in [-0.05, 0) is 36.8 Å². The number of amides is 1. The predicted octanol–water partition coefficient (Wildman–Crippen LogP) is 2.71. The van der Waals surface area contributed by atoms with Crippen molar-refractivity contribution in [1.82, 2.24) is 14.7 Å². The maximum absolute atomic E-state index is 12.7. The second kappa shape index (κ2) is 8.38. The number of carbonyl (C=O) groups excluding carboxylic acids is 1. The standard InChI is InChI=1S/C20H20N4O4S/c1-3-23-29(27,28)17-8-7-13(2)18(10-17)20(26)24-15-11-21-19(22-12-15)14-5-4-6-16(25)9-14/h4-12,23,25H,3H2,1-2H3,(H,24,26). The van der Waals surface area contributed by atoms with Crippen LogP contribution in [0.3, 0.4) is 0 Å². The van der Waals surface area contributed by atoms with Crippen LogP contribution in [0.2, 0.25) is 0 Å². The van der Waals surface area contributed by atoms with Gasteiger partial charge in [-0.3, -0.25) is 4.79 Å². The number of rotatable bonds is 6. The molecular weight excluding hydrogens is 392 g/mol. The van der Waals surface area contributed by atoms with Crippen LogP contribution in [0.1, 0.15) is 22.8 Å². The van der Waals surface area contributed by atoms with E-state index in [9.17, 15) is 18.3 Å². The first-order valence-electron chi connectivity index (χ1n) is 8.83. The number of aromatic hydroxyl groups is 1. The fourth-order valence-electron chi connectivity index (χ4n) is 2.67. The van der Waals surface area contributed by atoms with Crippen molar-refractivity contribution < 1.29 is 18.3 Å². The zero-order valence-electron chi connectivity index (χ0n) is 15.9. The molecule has 3 rings (SSSR count). The zero-order chi connectivity index (χ0) is 21.0. The van der Waals surface area contributed by atoms with Gasteiger partial charge < -0.3 is 10.4 Å². The van der Waals surface area contributed by atoms with Gasteiger partial charge in [0.2, 0.25) is 10.0 Å². The summed E-state index contributed by atoms with van der Waals surface area (Å²) < 4.78 is 26.8. The molecule has 0 fully saturated rings. The highest BCUT2D eigenvalue weighted by Gasteiger charge is 2.17. The minimum atomic E-state index is -3.67. The van der Waals surface area contributed by atoms with Gasteiger partial charge in [0.25, 0.3) is 5.91 Å². The molecule has 0 unspecified atom stereocenters. The van der Waals surface area contributed by atoms with Crippen molar-refractivity contribution >= 4 is 21.6 Å². The summed E-state index contributed by atoms with van der Waals surface area (Å²) in [5, 5.41) is 12.2. The number of phenols is 1. The highest BCUT2D eigenvalue weighted by atomic mass is 32.2. The van der Waals surface area contributed by atoms with E-state index in [0.29, 0.717) is 22.6 Å². The number of phenolic OH excluding ortho intramolecular Hbond substituents is 1. The molecule has 1 heterocycles. The van der Waals surface area contributed by atoms with Crippen molar-refractivity contribution in [3.8, 4) is 17.1 Å². The third-order valence-corrected chi connectivity index (χ3v) is 5.66. The van der Waals surface area contributed by atoms with Gasteiger partial charge in [0.15, 0.2) is 5.82 Å². The maximum atomic E-state index is 12.7. The van der Waals surface area contributed by atoms with E-state index < -0.39 is 15.9 Å². The fraction of sp³-hybridized carbons (Fsp3) is 0.150. The van der Waals surface area contributed by atoms with Crippen molar-refractivity contribution in [2.24, 2.45) is 0 Å². The summed E-state index contributed by atoms with van der Waals surface area (Å²) in [7, 11) is -3.67. The van der Waals surface area contributed by atoms with E-state index in [0.717, 1.165) is 0 Å². The van der Waals surface area contributed by atoms with Crippen molar-refractivity contribution in [1.29, 1.82) is 0 Å². The number of benzene rings is 2. The van der Waals surface area contributed by atoms with Crippen LogP contribution in [-0.2, 0) is 10.0 Å². The first-order chi connectivity index (χ1) is 13.8. The molecule has 29 heavy (non-hydrogen) atoms. The summed E-state index contributed by atoms with van der Waals surface area (Å²) in [4.78, 5) is 21.1. The van der Waals surface area contributed by atoms with Gasteiger partial charge in [-0.25, -0.2) is 23.1 Å². The van der Waals surface area contributed by atoms with E-state index >= 15 is 0 Å². The van der Waals surface area contributed by atoms with Crippen LogP contribution in [0, 0.1) is 6.92 Å². The Kier molecular flexibility index (Phi) is 5.90. The lowest BCUT2D eigenvalue weighted by atomic mass is 10.1. The second-order valence-electron chi connectivity index (χ2n) is 6.28. The van der Waals surface area contributed by atoms with Gasteiger partial charge in [-0.1, -0.05) is 25.1 Å². The van der Waals surface area contributed by atoms with Gasteiger partial charge in [-0.2, -0.15) is 0 Å². The maximum Gasteiger partial charge on any atom is 0.256 e. The Morgan fingerprint density at radius 1 is 1.10 bits per heavy atom. The number of sulfonamides is 1. The van der Waals surface area contributed by atoms with Crippen LogP contribution in [0.25, 0.3) is 11.4 Å². The number of aromatic nitrogens is 2. The van der Waals surface area contributed by atoms with Gasteiger partial charge in [-0.15, -0.1) is 0 Å². The number of carbonyl (C=O) groups is 1. The number of hydrogen-bond acceptors (Lipinski definition) is 6. The summed E-state index contributed by atoms with van der Waals surface area (Å²) in [6.45, 7) is 3.65. The first kappa shape index (κ1) is 20.4. The quantitative estimate of drug-likeness (QED) is 0.572. The molecule has 8 nitrogen and oxygen atoms in total. The molecule has 0 bridgehead atoms. The molecule has 0 saturated carbocycles. The van der Waals surface area contributed by atoms with E-state index in [2.05, 4.69) is 20.0 Å². The molecule has 0 aliphatic heterocycles. The molecule has 0 aliphatic rings. The molecule has 2 aromatic carbocycles. The van der Waals surface area contributed by atoms with Crippen LogP contribution in [0.5, 0.6) is 5.75 Å². The molecule has 0 spiro atoms. The second-order valence-corrected chi connectivity index (χ2v) is 8.04. The SMILES string of the molecule is CCNS(=O)(=O)c1ccc(C)c(C(=O)Nc2cnc(-c3cccc(O)c3)nc2)c1. The van der Waals surface area contributed by atoms with Crippen LogP contribution >= 0.6 is 0 Å². The Bertz CT molecular complexity index is 1150. The number of aryl methyl sites for hydroxylation is 1. The highest BCUT2D eigenvalue weighted by Crippen LogP contribution is 2.21. The van der Waals surface area contributed by atoms with Crippen LogP contribution in [0.15, 0.2) is 59.8 Å². The summed E-state index contributed by atoms with van der Waals surface area (Å²) in [5.41, 5.74) is 1.87. The van der Waals surface area contributed by atoms with Gasteiger partial charge in [0.1, 0.15) is 5.75 Å². The lowest BCUT2D eigenvalue weighted by molar-refractivity contribution is 0.102. The van der Waals surface area contributed by atoms with Gasteiger partial charge in [0.05, 0.1) is 23.0 Å². The number of anilines is 1. The smallest absolute Gasteiger partial charge is 0.256 e. The first-order valence-corrected chi connectivity index (χ1v) is 10.3. The zero-order valence-corrected chi connectivity index (χ0v) is 16.7. The van der Waals surface area contributed by atoms with E-state index in [1.807, 2.05) is 0 Å². The predicted molar refractivity (Wildman–Crippen MR) is 109 cm³/mol. The molecule has 1 aromatic heterocycles. The monoisotopic (exact) mass is 412 g/mol. The van der Waals surface area contributed by atoms with Crippen molar-refractivity contribution in [2.45, 2.75) is 18.7 Å². The average molecular weight is 412 g/mol. The Morgan fingerprint density at radius 3 is 2.48 bits per heavy atom. The average Bonchev–Trinajstić information content (AvgIpc) is 2.68. The Balaban J connectivity index is 1.81. The van der Waals surface area contributed by atoms with E-state index in [1.54, 1.807) is 38.1 Å². The minimum Gasteiger partial charge on any atom is -0.508 e. The van der Waals surface area contributed by atoms with E-state index in [-0.39, 0.29) is 22.8 Å². The molecule has 0 saturated heterocycles. The molecular formula is C20H20N4O4S. The molecule has 150 valence electrons. The number of hydrogen-bond donors (Lipinski definition) is 3. The molecule has 0 aliphatic carbocycles. The lowest BCUT2D eigenvalue weighted by Gasteiger charge is -2.11. The van der Waals surface area contributed by atoms with Crippen LogP contribution in [-0.4, -0.2) is 35.9 Å². The van der Waals surface area contributed by atoms with Crippen LogP contribution < -0.4 is 10.0 Å². The third kappa shape index (κ3) is 4.76.